The van der Waals surface area contributed by atoms with E-state index >= 15 is 0 Å². The molecule has 2 aromatic carbocycles. The van der Waals surface area contributed by atoms with E-state index in [4.69, 9.17) is 0 Å². The molecule has 5 rings (SSSR count). The Morgan fingerprint density at radius 3 is 2.34 bits per heavy atom. The number of para-hydroxylation sites is 2. The summed E-state index contributed by atoms with van der Waals surface area (Å²) in [7, 11) is 0. The van der Waals surface area contributed by atoms with Crippen LogP contribution in [0.1, 0.15) is 26.3 Å². The summed E-state index contributed by atoms with van der Waals surface area (Å²) >= 11 is 0. The molecular formula is C25H28N4O3. The van der Waals surface area contributed by atoms with Crippen molar-refractivity contribution in [2.45, 2.75) is 38.8 Å². The van der Waals surface area contributed by atoms with Crippen LogP contribution < -0.4 is 15.1 Å². The Morgan fingerprint density at radius 2 is 1.62 bits per heavy atom. The number of benzene rings is 2. The van der Waals surface area contributed by atoms with Crippen molar-refractivity contribution in [3.63, 3.8) is 0 Å². The number of anilines is 2. The summed E-state index contributed by atoms with van der Waals surface area (Å²) in [6.45, 7) is 7.44. The molecule has 32 heavy (non-hydrogen) atoms. The molecule has 3 heterocycles. The summed E-state index contributed by atoms with van der Waals surface area (Å²) in [4.78, 5) is 46.0. The van der Waals surface area contributed by atoms with E-state index in [1.165, 1.54) is 4.90 Å². The fraction of sp³-hybridized carbons (Fsp3) is 0.400. The molecule has 0 unspecified atom stereocenters. The topological polar surface area (TPSA) is 73.0 Å². The van der Waals surface area contributed by atoms with Crippen molar-refractivity contribution in [2.24, 2.45) is 5.41 Å². The third kappa shape index (κ3) is 2.91. The summed E-state index contributed by atoms with van der Waals surface area (Å²) in [5, 5.41) is 2.53. The summed E-state index contributed by atoms with van der Waals surface area (Å²) in [5.41, 5.74) is 0.973. The molecule has 1 spiro atoms. The number of hydrogen-bond acceptors (Lipinski definition) is 5. The van der Waals surface area contributed by atoms with Gasteiger partial charge in [0.05, 0.1) is 6.04 Å². The molecule has 166 valence electrons. The Hall–Kier alpha value is -3.35. The predicted molar refractivity (Wildman–Crippen MR) is 123 cm³/mol. The van der Waals surface area contributed by atoms with Crippen LogP contribution in [0.15, 0.2) is 54.6 Å². The molecule has 7 heteroatoms. The Kier molecular flexibility index (Phi) is 4.55. The first-order valence-electron chi connectivity index (χ1n) is 11.1. The fourth-order valence-corrected chi connectivity index (χ4v) is 5.44. The normalized spacial score (nSPS) is 25.5. The highest BCUT2D eigenvalue weighted by atomic mass is 16.2. The maximum atomic E-state index is 14.1. The SMILES string of the molecule is CC(C)(C)N1C(=O)NC(=O)[C@]2(Cc3ccccc3N3CCN(c4ccccc4)C[C@H]32)C1=O. The number of barbiturate groups is 1. The standard InChI is InChI=1S/C25H28N4O3/c1-24(2,3)29-22(31)25(21(30)26-23(29)32)15-17-9-7-8-12-19(17)28-14-13-27(16-20(25)28)18-10-5-4-6-11-18/h4-12,20H,13-16H2,1-3H3,(H,26,30,32)/t20-,25+/m0/s1. The van der Waals surface area contributed by atoms with E-state index in [1.54, 1.807) is 0 Å². The summed E-state index contributed by atoms with van der Waals surface area (Å²) in [5.74, 6) is -0.898. The van der Waals surface area contributed by atoms with Gasteiger partial charge in [0.25, 0.3) is 0 Å². The van der Waals surface area contributed by atoms with Crippen LogP contribution in [-0.4, -0.2) is 54.0 Å². The molecule has 7 nitrogen and oxygen atoms in total. The van der Waals surface area contributed by atoms with Crippen LogP contribution in [0.4, 0.5) is 16.2 Å². The number of urea groups is 1. The maximum Gasteiger partial charge on any atom is 0.331 e. The van der Waals surface area contributed by atoms with Gasteiger partial charge in [-0.25, -0.2) is 4.79 Å². The summed E-state index contributed by atoms with van der Waals surface area (Å²) < 4.78 is 0. The van der Waals surface area contributed by atoms with Gasteiger partial charge in [-0.15, -0.1) is 0 Å². The molecule has 2 fully saturated rings. The minimum absolute atomic E-state index is 0.275. The molecule has 0 bridgehead atoms. The Bertz CT molecular complexity index is 1090. The first-order valence-corrected chi connectivity index (χ1v) is 11.1. The van der Waals surface area contributed by atoms with Gasteiger partial charge in [0.1, 0.15) is 0 Å². The van der Waals surface area contributed by atoms with Crippen LogP contribution in [0.2, 0.25) is 0 Å². The number of carbonyl (C=O) groups excluding carboxylic acids is 3. The molecule has 4 amide bonds. The van der Waals surface area contributed by atoms with Crippen molar-refractivity contribution in [1.29, 1.82) is 0 Å². The lowest BCUT2D eigenvalue weighted by atomic mass is 9.67. The van der Waals surface area contributed by atoms with Gasteiger partial charge in [-0.3, -0.25) is 19.8 Å². The lowest BCUT2D eigenvalue weighted by Gasteiger charge is -2.56. The zero-order chi connectivity index (χ0) is 22.7. The minimum atomic E-state index is -1.37. The van der Waals surface area contributed by atoms with Crippen LogP contribution in [0.3, 0.4) is 0 Å². The van der Waals surface area contributed by atoms with Gasteiger partial charge in [0.15, 0.2) is 5.41 Å². The van der Waals surface area contributed by atoms with Gasteiger partial charge in [0.2, 0.25) is 11.8 Å². The molecule has 0 aliphatic carbocycles. The van der Waals surface area contributed by atoms with E-state index in [0.717, 1.165) is 23.5 Å². The number of piperazine rings is 1. The van der Waals surface area contributed by atoms with Crippen molar-refractivity contribution in [2.75, 3.05) is 29.4 Å². The number of carbonyl (C=O) groups is 3. The van der Waals surface area contributed by atoms with Crippen LogP contribution in [0.25, 0.3) is 0 Å². The minimum Gasteiger partial charge on any atom is -0.368 e. The van der Waals surface area contributed by atoms with E-state index in [0.29, 0.717) is 13.1 Å². The smallest absolute Gasteiger partial charge is 0.331 e. The molecule has 2 saturated heterocycles. The number of amides is 4. The second-order valence-corrected chi connectivity index (χ2v) is 9.84. The first-order chi connectivity index (χ1) is 15.2. The molecule has 1 N–H and O–H groups in total. The maximum absolute atomic E-state index is 14.1. The van der Waals surface area contributed by atoms with Gasteiger partial charge in [-0.1, -0.05) is 36.4 Å². The number of imide groups is 2. The van der Waals surface area contributed by atoms with Crippen molar-refractivity contribution >= 4 is 29.2 Å². The van der Waals surface area contributed by atoms with Gasteiger partial charge in [-0.2, -0.15) is 0 Å². The predicted octanol–water partition coefficient (Wildman–Crippen LogP) is 2.80. The number of fused-ring (bicyclic) bond motifs is 4. The molecule has 2 aromatic rings. The van der Waals surface area contributed by atoms with Crippen LogP contribution >= 0.6 is 0 Å². The Labute approximate surface area is 188 Å². The lowest BCUT2D eigenvalue weighted by molar-refractivity contribution is -0.156. The van der Waals surface area contributed by atoms with Crippen molar-refractivity contribution < 1.29 is 14.4 Å². The second kappa shape index (κ2) is 7.08. The van der Waals surface area contributed by atoms with E-state index in [9.17, 15) is 14.4 Å². The monoisotopic (exact) mass is 432 g/mol. The largest absolute Gasteiger partial charge is 0.368 e. The van der Waals surface area contributed by atoms with Gasteiger partial charge in [-0.05, 0) is 51.0 Å². The average Bonchev–Trinajstić information content (AvgIpc) is 2.76. The Morgan fingerprint density at radius 1 is 0.938 bits per heavy atom. The highest BCUT2D eigenvalue weighted by molar-refractivity contribution is 6.20. The van der Waals surface area contributed by atoms with E-state index in [-0.39, 0.29) is 6.42 Å². The first kappa shape index (κ1) is 20.5. The molecule has 3 aliphatic heterocycles. The van der Waals surface area contributed by atoms with E-state index in [2.05, 4.69) is 21.2 Å². The summed E-state index contributed by atoms with van der Waals surface area (Å²) in [6.07, 6.45) is 0.275. The fourth-order valence-electron chi connectivity index (χ4n) is 5.44. The highest BCUT2D eigenvalue weighted by Gasteiger charge is 2.64. The third-order valence-electron chi connectivity index (χ3n) is 6.93. The average molecular weight is 433 g/mol. The van der Waals surface area contributed by atoms with E-state index in [1.807, 2.05) is 69.3 Å². The van der Waals surface area contributed by atoms with Gasteiger partial charge < -0.3 is 9.80 Å². The zero-order valence-electron chi connectivity index (χ0n) is 18.7. The molecule has 0 aromatic heterocycles. The number of hydrogen-bond donors (Lipinski definition) is 1. The van der Waals surface area contributed by atoms with Crippen molar-refractivity contribution in [3.8, 4) is 0 Å². The van der Waals surface area contributed by atoms with Crippen LogP contribution in [0, 0.1) is 5.41 Å². The molecule has 3 aliphatic rings. The highest BCUT2D eigenvalue weighted by Crippen LogP contribution is 2.46. The lowest BCUT2D eigenvalue weighted by Crippen LogP contribution is -2.77. The van der Waals surface area contributed by atoms with E-state index < -0.39 is 34.8 Å². The zero-order valence-corrected chi connectivity index (χ0v) is 18.7. The molecule has 0 saturated carbocycles. The Balaban J connectivity index is 1.65. The molecule has 2 atom stereocenters. The molecule has 0 radical (unpaired) electrons. The number of rotatable bonds is 1. The number of nitrogens with zero attached hydrogens (tertiary/aromatic N) is 3. The van der Waals surface area contributed by atoms with Crippen molar-refractivity contribution in [3.05, 3.63) is 60.2 Å². The third-order valence-corrected chi connectivity index (χ3v) is 6.93. The molecular weight excluding hydrogens is 404 g/mol. The van der Waals surface area contributed by atoms with Crippen LogP contribution in [-0.2, 0) is 16.0 Å². The summed E-state index contributed by atoms with van der Waals surface area (Å²) in [6, 6.07) is 17.0. The quantitative estimate of drug-likeness (QED) is 0.702. The van der Waals surface area contributed by atoms with Crippen molar-refractivity contribution in [1.82, 2.24) is 10.2 Å². The van der Waals surface area contributed by atoms with Gasteiger partial charge in [0, 0.05) is 36.5 Å². The number of nitrogens with one attached hydrogen (secondary N) is 1. The second-order valence-electron chi connectivity index (χ2n) is 9.84. The van der Waals surface area contributed by atoms with Crippen LogP contribution in [0.5, 0.6) is 0 Å². The van der Waals surface area contributed by atoms with Gasteiger partial charge >= 0.3 is 6.03 Å².